The van der Waals surface area contributed by atoms with Crippen LogP contribution in [0.1, 0.15) is 5.69 Å². The average molecular weight is 335 g/mol. The summed E-state index contributed by atoms with van der Waals surface area (Å²) in [6, 6.07) is 5.19. The van der Waals surface area contributed by atoms with Crippen molar-refractivity contribution in [2.45, 2.75) is 6.54 Å². The average Bonchev–Trinajstić information content (AvgIpc) is 2.82. The first kappa shape index (κ1) is 15.6. The van der Waals surface area contributed by atoms with Crippen molar-refractivity contribution in [3.63, 3.8) is 0 Å². The number of aromatic nitrogens is 2. The second-order valence-corrected chi connectivity index (χ2v) is 5.39. The van der Waals surface area contributed by atoms with Gasteiger partial charge in [-0.25, -0.2) is 4.68 Å². The van der Waals surface area contributed by atoms with E-state index >= 15 is 0 Å². The van der Waals surface area contributed by atoms with Gasteiger partial charge >= 0.3 is 0 Å². The topological polar surface area (TPSA) is 39.1 Å². The molecule has 2 rings (SSSR count). The smallest absolute Gasteiger partial charge is 0.102 e. The van der Waals surface area contributed by atoms with Crippen molar-refractivity contribution < 1.29 is 4.74 Å². The summed E-state index contributed by atoms with van der Waals surface area (Å²) < 4.78 is 6.61. The summed E-state index contributed by atoms with van der Waals surface area (Å²) in [6.07, 6.45) is 1.81. The predicted octanol–water partition coefficient (Wildman–Crippen LogP) is 3.57. The first-order chi connectivity index (χ1) is 9.61. The van der Waals surface area contributed by atoms with Crippen molar-refractivity contribution in [2.24, 2.45) is 0 Å². The van der Waals surface area contributed by atoms with E-state index < -0.39 is 0 Å². The first-order valence-electron chi connectivity index (χ1n) is 6.01. The molecule has 0 bridgehead atoms. The van der Waals surface area contributed by atoms with Crippen LogP contribution in [0.5, 0.6) is 0 Å². The van der Waals surface area contributed by atoms with E-state index in [4.69, 9.17) is 39.5 Å². The maximum atomic E-state index is 6.16. The van der Waals surface area contributed by atoms with E-state index in [1.165, 1.54) is 0 Å². The van der Waals surface area contributed by atoms with Gasteiger partial charge in [0.15, 0.2) is 0 Å². The Labute approximate surface area is 132 Å². The maximum absolute atomic E-state index is 6.16. The molecule has 0 spiro atoms. The third-order valence-corrected chi connectivity index (χ3v) is 3.44. The molecule has 0 atom stereocenters. The third kappa shape index (κ3) is 3.87. The minimum Gasteiger partial charge on any atom is -0.383 e. The normalized spacial score (nSPS) is 11.0. The number of hydrogen-bond acceptors (Lipinski definition) is 3. The molecule has 0 amide bonds. The van der Waals surface area contributed by atoms with Gasteiger partial charge in [0.2, 0.25) is 0 Å². The molecule has 0 aliphatic heterocycles. The Balaban J connectivity index is 2.13. The van der Waals surface area contributed by atoms with Crippen LogP contribution in [-0.4, -0.2) is 30.0 Å². The van der Waals surface area contributed by atoms with Crippen molar-refractivity contribution in [1.82, 2.24) is 15.1 Å². The fraction of sp³-hybridized carbons (Fsp3) is 0.308. The number of halogens is 3. The Morgan fingerprint density at radius 1 is 1.25 bits per heavy atom. The van der Waals surface area contributed by atoms with E-state index in [9.17, 15) is 0 Å². The SMILES string of the molecule is COCCNCc1ccn(-c2c(Cl)cc(Cl)cc2Cl)n1. The van der Waals surface area contributed by atoms with Gasteiger partial charge in [0.1, 0.15) is 5.69 Å². The molecule has 108 valence electrons. The molecule has 1 heterocycles. The van der Waals surface area contributed by atoms with Crippen LogP contribution in [0.15, 0.2) is 24.4 Å². The summed E-state index contributed by atoms with van der Waals surface area (Å²) in [4.78, 5) is 0. The summed E-state index contributed by atoms with van der Waals surface area (Å²) in [7, 11) is 1.67. The number of nitrogens with one attached hydrogen (secondary N) is 1. The molecule has 0 fully saturated rings. The van der Waals surface area contributed by atoms with Gasteiger partial charge in [0, 0.05) is 31.4 Å². The lowest BCUT2D eigenvalue weighted by molar-refractivity contribution is 0.199. The number of nitrogens with zero attached hydrogens (tertiary/aromatic N) is 2. The van der Waals surface area contributed by atoms with Crippen LogP contribution in [0.4, 0.5) is 0 Å². The van der Waals surface area contributed by atoms with Crippen molar-refractivity contribution in [3.8, 4) is 5.69 Å². The molecule has 0 aliphatic rings. The minimum absolute atomic E-state index is 0.462. The number of hydrogen-bond donors (Lipinski definition) is 1. The van der Waals surface area contributed by atoms with Crippen LogP contribution in [0.25, 0.3) is 5.69 Å². The van der Waals surface area contributed by atoms with Crippen molar-refractivity contribution in [2.75, 3.05) is 20.3 Å². The molecule has 1 N–H and O–H groups in total. The van der Waals surface area contributed by atoms with Crippen LogP contribution >= 0.6 is 34.8 Å². The van der Waals surface area contributed by atoms with E-state index in [0.717, 1.165) is 12.2 Å². The molecule has 7 heteroatoms. The molecule has 0 aliphatic carbocycles. The van der Waals surface area contributed by atoms with E-state index in [0.29, 0.717) is 33.9 Å². The van der Waals surface area contributed by atoms with Gasteiger partial charge in [-0.05, 0) is 18.2 Å². The van der Waals surface area contributed by atoms with Gasteiger partial charge < -0.3 is 10.1 Å². The zero-order chi connectivity index (χ0) is 14.5. The lowest BCUT2D eigenvalue weighted by Crippen LogP contribution is -2.18. The molecule has 20 heavy (non-hydrogen) atoms. The quantitative estimate of drug-likeness (QED) is 0.821. The molecule has 1 aromatic carbocycles. The van der Waals surface area contributed by atoms with E-state index in [-0.39, 0.29) is 0 Å². The molecule has 4 nitrogen and oxygen atoms in total. The van der Waals surface area contributed by atoms with Crippen LogP contribution in [-0.2, 0) is 11.3 Å². The predicted molar refractivity (Wildman–Crippen MR) is 82.2 cm³/mol. The summed E-state index contributed by atoms with van der Waals surface area (Å²) in [5, 5.41) is 9.07. The molecule has 0 radical (unpaired) electrons. The van der Waals surface area contributed by atoms with Crippen LogP contribution < -0.4 is 5.32 Å². The molecule has 0 saturated carbocycles. The number of ether oxygens (including phenoxy) is 1. The molecule has 1 aromatic heterocycles. The van der Waals surface area contributed by atoms with Crippen LogP contribution in [0.3, 0.4) is 0 Å². The minimum atomic E-state index is 0.462. The molecule has 2 aromatic rings. The van der Waals surface area contributed by atoms with Crippen LogP contribution in [0, 0.1) is 0 Å². The summed E-state index contributed by atoms with van der Waals surface area (Å²) in [6.45, 7) is 2.08. The maximum Gasteiger partial charge on any atom is 0.102 e. The van der Waals surface area contributed by atoms with Gasteiger partial charge in [-0.3, -0.25) is 0 Å². The van der Waals surface area contributed by atoms with Crippen LogP contribution in [0.2, 0.25) is 15.1 Å². The van der Waals surface area contributed by atoms with Gasteiger partial charge in [-0.2, -0.15) is 5.10 Å². The Morgan fingerprint density at radius 3 is 2.60 bits per heavy atom. The Morgan fingerprint density at radius 2 is 1.95 bits per heavy atom. The third-order valence-electron chi connectivity index (χ3n) is 2.64. The summed E-state index contributed by atoms with van der Waals surface area (Å²) >= 11 is 18.2. The highest BCUT2D eigenvalue weighted by Crippen LogP contribution is 2.31. The van der Waals surface area contributed by atoms with E-state index in [1.807, 2.05) is 12.3 Å². The lowest BCUT2D eigenvalue weighted by atomic mass is 10.3. The Kier molecular flexibility index (Phi) is 5.69. The molecular formula is C13H14Cl3N3O. The van der Waals surface area contributed by atoms with Crippen molar-refractivity contribution in [1.29, 1.82) is 0 Å². The number of rotatable bonds is 6. The largest absolute Gasteiger partial charge is 0.383 e. The molecule has 0 saturated heterocycles. The molecular weight excluding hydrogens is 321 g/mol. The van der Waals surface area contributed by atoms with Crippen molar-refractivity contribution >= 4 is 34.8 Å². The number of benzene rings is 1. The van der Waals surface area contributed by atoms with Gasteiger partial charge in [-0.15, -0.1) is 0 Å². The highest BCUT2D eigenvalue weighted by molar-refractivity contribution is 6.40. The Bertz CT molecular complexity index is 563. The second kappa shape index (κ2) is 7.29. The Hall–Kier alpha value is -0.780. The zero-order valence-corrected chi connectivity index (χ0v) is 13.1. The van der Waals surface area contributed by atoms with Gasteiger partial charge in [0.05, 0.1) is 22.3 Å². The van der Waals surface area contributed by atoms with E-state index in [1.54, 1.807) is 23.9 Å². The highest BCUT2D eigenvalue weighted by Gasteiger charge is 2.11. The summed E-state index contributed by atoms with van der Waals surface area (Å²) in [5.74, 6) is 0. The fourth-order valence-corrected chi connectivity index (χ4v) is 2.71. The van der Waals surface area contributed by atoms with E-state index in [2.05, 4.69) is 10.4 Å². The summed E-state index contributed by atoms with van der Waals surface area (Å²) in [5.41, 5.74) is 1.52. The number of methoxy groups -OCH3 is 1. The molecule has 0 unspecified atom stereocenters. The zero-order valence-electron chi connectivity index (χ0n) is 10.9. The monoisotopic (exact) mass is 333 g/mol. The fourth-order valence-electron chi connectivity index (χ4n) is 1.72. The lowest BCUT2D eigenvalue weighted by Gasteiger charge is -2.07. The highest BCUT2D eigenvalue weighted by atomic mass is 35.5. The van der Waals surface area contributed by atoms with Gasteiger partial charge in [0.25, 0.3) is 0 Å². The van der Waals surface area contributed by atoms with Gasteiger partial charge in [-0.1, -0.05) is 34.8 Å². The second-order valence-electron chi connectivity index (χ2n) is 4.14. The van der Waals surface area contributed by atoms with Crippen molar-refractivity contribution in [3.05, 3.63) is 45.2 Å². The standard InChI is InChI=1S/C13H14Cl3N3O/c1-20-5-3-17-8-10-2-4-19(18-10)13-11(15)6-9(14)7-12(13)16/h2,4,6-7,17H,3,5,8H2,1H3. The first-order valence-corrected chi connectivity index (χ1v) is 7.14.